The van der Waals surface area contributed by atoms with Crippen LogP contribution in [-0.4, -0.2) is 31.4 Å². The van der Waals surface area contributed by atoms with Crippen molar-refractivity contribution in [3.63, 3.8) is 0 Å². The van der Waals surface area contributed by atoms with Crippen molar-refractivity contribution in [3.8, 4) is 5.75 Å². The van der Waals surface area contributed by atoms with E-state index in [0.717, 1.165) is 32.1 Å². The first-order valence-corrected chi connectivity index (χ1v) is 13.9. The van der Waals surface area contributed by atoms with Crippen LogP contribution < -0.4 is 10.2 Å². The number of hydrogen-bond acceptors (Lipinski definition) is 5. The fraction of sp³-hybridized carbons (Fsp3) is 0.161. The molecule has 4 aromatic rings. The highest BCUT2D eigenvalue weighted by atomic mass is 32.2. The zero-order valence-corrected chi connectivity index (χ0v) is 22.8. The number of amides is 1. The molecule has 0 fully saturated rings. The van der Waals surface area contributed by atoms with E-state index < -0.39 is 15.9 Å². The average Bonchev–Trinajstić information content (AvgIpc) is 2.94. The molecular weight excluding hydrogens is 510 g/mol. The topological polar surface area (TPSA) is 88.1 Å². The summed E-state index contributed by atoms with van der Waals surface area (Å²) in [6, 6.07) is 31.3. The van der Waals surface area contributed by atoms with Crippen molar-refractivity contribution in [2.75, 3.05) is 6.54 Å². The quantitative estimate of drug-likeness (QED) is 0.208. The molecular formula is C31H31N3O4S. The largest absolute Gasteiger partial charge is 0.489 e. The number of sulfonamides is 1. The Hall–Kier alpha value is -4.27. The van der Waals surface area contributed by atoms with Crippen molar-refractivity contribution in [3.05, 3.63) is 131 Å². The number of nitrogens with one attached hydrogen (secondary N) is 1. The highest BCUT2D eigenvalue weighted by Gasteiger charge is 2.27. The normalized spacial score (nSPS) is 11.6. The molecule has 1 amide bonds. The van der Waals surface area contributed by atoms with E-state index in [1.807, 2.05) is 92.7 Å². The molecule has 8 heteroatoms. The lowest BCUT2D eigenvalue weighted by molar-refractivity contribution is -0.121. The Bertz CT molecular complexity index is 1520. The Kier molecular flexibility index (Phi) is 9.25. The van der Waals surface area contributed by atoms with Crippen molar-refractivity contribution in [1.82, 2.24) is 9.73 Å². The molecule has 7 nitrogen and oxygen atoms in total. The standard InChI is InChI=1S/C31H31N3O4S/c1-24-11-15-26(16-12-24)21-34(39(36,37)30-17-13-25(2)14-18-30)22-31(35)33-32-20-28-9-6-10-29(19-28)38-23-27-7-4-3-5-8-27/h3-20H,21-23H2,1-2H3,(H,33,35)/b32-20-. The molecule has 0 spiro atoms. The summed E-state index contributed by atoms with van der Waals surface area (Å²) in [6.07, 6.45) is 1.49. The average molecular weight is 542 g/mol. The Morgan fingerprint density at radius 2 is 1.51 bits per heavy atom. The van der Waals surface area contributed by atoms with Crippen molar-refractivity contribution >= 4 is 22.1 Å². The van der Waals surface area contributed by atoms with Gasteiger partial charge in [-0.1, -0.05) is 90.0 Å². The number of carbonyl (C=O) groups excluding carboxylic acids is 1. The van der Waals surface area contributed by atoms with Gasteiger partial charge in [0.15, 0.2) is 0 Å². The van der Waals surface area contributed by atoms with Crippen LogP contribution in [0, 0.1) is 13.8 Å². The summed E-state index contributed by atoms with van der Waals surface area (Å²) in [7, 11) is -3.93. The summed E-state index contributed by atoms with van der Waals surface area (Å²) in [5.74, 6) is 0.119. The molecule has 0 aromatic heterocycles. The van der Waals surface area contributed by atoms with Gasteiger partial charge in [0.2, 0.25) is 10.0 Å². The number of benzene rings is 4. The van der Waals surface area contributed by atoms with Gasteiger partial charge in [-0.3, -0.25) is 4.79 Å². The van der Waals surface area contributed by atoms with Crippen molar-refractivity contribution in [1.29, 1.82) is 0 Å². The maximum atomic E-state index is 13.4. The molecule has 1 N–H and O–H groups in total. The second-order valence-corrected chi connectivity index (χ2v) is 11.1. The fourth-order valence-corrected chi connectivity index (χ4v) is 5.17. The molecule has 0 radical (unpaired) electrons. The van der Waals surface area contributed by atoms with Gasteiger partial charge in [0, 0.05) is 6.54 Å². The first-order valence-electron chi connectivity index (χ1n) is 12.5. The molecule has 0 aliphatic carbocycles. The van der Waals surface area contributed by atoms with E-state index in [0.29, 0.717) is 12.4 Å². The molecule has 0 heterocycles. The van der Waals surface area contributed by atoms with E-state index in [9.17, 15) is 13.2 Å². The third kappa shape index (κ3) is 8.10. The number of rotatable bonds is 11. The second kappa shape index (κ2) is 13.0. The van der Waals surface area contributed by atoms with E-state index in [1.54, 1.807) is 24.3 Å². The minimum absolute atomic E-state index is 0.0500. The third-order valence-electron chi connectivity index (χ3n) is 5.97. The molecule has 0 saturated carbocycles. The highest BCUT2D eigenvalue weighted by molar-refractivity contribution is 7.89. The van der Waals surface area contributed by atoms with Crippen molar-refractivity contribution < 1.29 is 17.9 Å². The van der Waals surface area contributed by atoms with Crippen molar-refractivity contribution in [2.45, 2.75) is 31.9 Å². The van der Waals surface area contributed by atoms with Gasteiger partial charge in [-0.2, -0.15) is 9.41 Å². The number of carbonyl (C=O) groups is 1. The van der Waals surface area contributed by atoms with Gasteiger partial charge >= 0.3 is 0 Å². The molecule has 0 bridgehead atoms. The smallest absolute Gasteiger partial charge is 0.255 e. The van der Waals surface area contributed by atoms with E-state index in [2.05, 4.69) is 10.5 Å². The summed E-state index contributed by atoms with van der Waals surface area (Å²) in [5.41, 5.74) is 7.02. The molecule has 0 aliphatic rings. The molecule has 4 rings (SSSR count). The van der Waals surface area contributed by atoms with Crippen LogP contribution in [0.4, 0.5) is 0 Å². The molecule has 4 aromatic carbocycles. The monoisotopic (exact) mass is 541 g/mol. The molecule has 200 valence electrons. The lowest BCUT2D eigenvalue weighted by atomic mass is 10.1. The maximum Gasteiger partial charge on any atom is 0.255 e. The van der Waals surface area contributed by atoms with Crippen LogP contribution in [0.5, 0.6) is 5.75 Å². The van der Waals surface area contributed by atoms with E-state index in [-0.39, 0.29) is 18.0 Å². The molecule has 0 atom stereocenters. The lowest BCUT2D eigenvalue weighted by Crippen LogP contribution is -2.39. The van der Waals surface area contributed by atoms with E-state index in [4.69, 9.17) is 4.74 Å². The Morgan fingerprint density at radius 1 is 0.846 bits per heavy atom. The number of aryl methyl sites for hydroxylation is 2. The van der Waals surface area contributed by atoms with Gasteiger partial charge in [0.1, 0.15) is 12.4 Å². The van der Waals surface area contributed by atoms with Crippen LogP contribution in [0.2, 0.25) is 0 Å². The summed E-state index contributed by atoms with van der Waals surface area (Å²) < 4.78 is 33.9. The van der Waals surface area contributed by atoms with Crippen LogP contribution in [-0.2, 0) is 28.0 Å². The molecule has 0 aliphatic heterocycles. The first-order chi connectivity index (χ1) is 18.8. The summed E-state index contributed by atoms with van der Waals surface area (Å²) >= 11 is 0. The Labute approximate surface area is 229 Å². The minimum atomic E-state index is -3.93. The number of ether oxygens (including phenoxy) is 1. The van der Waals surface area contributed by atoms with Gasteiger partial charge < -0.3 is 4.74 Å². The fourth-order valence-electron chi connectivity index (χ4n) is 3.78. The Morgan fingerprint density at radius 3 is 2.21 bits per heavy atom. The molecule has 0 unspecified atom stereocenters. The van der Waals surface area contributed by atoms with Crippen molar-refractivity contribution in [2.24, 2.45) is 5.10 Å². The second-order valence-electron chi connectivity index (χ2n) is 9.21. The highest BCUT2D eigenvalue weighted by Crippen LogP contribution is 2.19. The van der Waals surface area contributed by atoms with E-state index >= 15 is 0 Å². The zero-order chi connectivity index (χ0) is 27.7. The summed E-state index contributed by atoms with van der Waals surface area (Å²) in [5, 5.41) is 4.04. The SMILES string of the molecule is Cc1ccc(CN(CC(=O)N/N=C\c2cccc(OCc3ccccc3)c2)S(=O)(=O)c2ccc(C)cc2)cc1. The molecule has 0 saturated heterocycles. The van der Waals surface area contributed by atoms with Gasteiger partial charge in [-0.05, 0) is 54.8 Å². The van der Waals surface area contributed by atoms with Gasteiger partial charge in [0.25, 0.3) is 5.91 Å². The predicted molar refractivity (Wildman–Crippen MR) is 153 cm³/mol. The predicted octanol–water partition coefficient (Wildman–Crippen LogP) is 5.22. The van der Waals surface area contributed by atoms with E-state index in [1.165, 1.54) is 6.21 Å². The summed E-state index contributed by atoms with van der Waals surface area (Å²) in [4.78, 5) is 12.9. The first kappa shape index (κ1) is 27.8. The number of hydrazone groups is 1. The maximum absolute atomic E-state index is 13.4. The molecule has 39 heavy (non-hydrogen) atoms. The number of hydrogen-bond donors (Lipinski definition) is 1. The lowest BCUT2D eigenvalue weighted by Gasteiger charge is -2.21. The van der Waals surface area contributed by atoms with Crippen LogP contribution in [0.3, 0.4) is 0 Å². The van der Waals surface area contributed by atoms with Crippen LogP contribution >= 0.6 is 0 Å². The summed E-state index contributed by atoms with van der Waals surface area (Å²) in [6.45, 7) is 3.94. The van der Waals surface area contributed by atoms with Gasteiger partial charge in [0.05, 0.1) is 17.7 Å². The number of nitrogens with zero attached hydrogens (tertiary/aromatic N) is 2. The Balaban J connectivity index is 1.42. The van der Waals surface area contributed by atoms with Gasteiger partial charge in [-0.25, -0.2) is 13.8 Å². The minimum Gasteiger partial charge on any atom is -0.489 e. The van der Waals surface area contributed by atoms with Gasteiger partial charge in [-0.15, -0.1) is 0 Å². The van der Waals surface area contributed by atoms with Crippen LogP contribution in [0.15, 0.2) is 113 Å². The zero-order valence-electron chi connectivity index (χ0n) is 21.9. The van der Waals surface area contributed by atoms with Crippen LogP contribution in [0.1, 0.15) is 27.8 Å². The third-order valence-corrected chi connectivity index (χ3v) is 7.77. The van der Waals surface area contributed by atoms with Crippen LogP contribution in [0.25, 0.3) is 0 Å².